The lowest BCUT2D eigenvalue weighted by atomic mass is 10.0. The molecule has 1 aliphatic heterocycles. The summed E-state index contributed by atoms with van der Waals surface area (Å²) in [7, 11) is 1.78. The lowest BCUT2D eigenvalue weighted by Crippen LogP contribution is -2.48. The van der Waals surface area contributed by atoms with Crippen LogP contribution in [0.4, 0.5) is 16.2 Å². The second kappa shape index (κ2) is 17.1. The van der Waals surface area contributed by atoms with Gasteiger partial charge in [0.1, 0.15) is 17.1 Å². The van der Waals surface area contributed by atoms with Crippen molar-refractivity contribution >= 4 is 29.2 Å². The molecule has 0 saturated heterocycles. The van der Waals surface area contributed by atoms with Gasteiger partial charge in [-0.05, 0) is 70.7 Å². The Morgan fingerprint density at radius 3 is 2.54 bits per heavy atom. The molecular weight excluding hydrogens is 614 g/mol. The number of benzene rings is 2. The van der Waals surface area contributed by atoms with Crippen LogP contribution in [0.5, 0.6) is 5.75 Å². The normalized spacial score (nSPS) is 19.8. The number of likely N-dealkylation sites (N-methyl/N-ethyl adjacent to an activating group) is 1. The van der Waals surface area contributed by atoms with Crippen molar-refractivity contribution in [3.63, 3.8) is 0 Å². The van der Waals surface area contributed by atoms with E-state index in [1.165, 1.54) is 0 Å². The van der Waals surface area contributed by atoms with Crippen molar-refractivity contribution in [1.29, 1.82) is 0 Å². The van der Waals surface area contributed by atoms with E-state index in [1.54, 1.807) is 55.8 Å². The standard InChI is InChI=1S/C36H49N5O7/c1-23-20-41(24(2)22-42)35(44)30-19-29(37-36(45)38-34-26(4)39-48-27(34)5)15-16-31(30)47-25(3)12-10-11-17-46-32(23)21-40(6)33(43)18-28-13-8-7-9-14-28/h7-9,13-16,19,23-25,32,42H,10-12,17-18,20-22H2,1-6H3,(H2,37,38,45)/t23-,24+,25+,32-/m0/s1. The molecule has 0 radical (unpaired) electrons. The lowest BCUT2D eigenvalue weighted by Gasteiger charge is -2.36. The number of nitrogens with one attached hydrogen (secondary N) is 2. The van der Waals surface area contributed by atoms with Crippen molar-refractivity contribution < 1.29 is 33.5 Å². The van der Waals surface area contributed by atoms with Crippen LogP contribution in [0.15, 0.2) is 53.1 Å². The SMILES string of the molecule is Cc1noc(C)c1NC(=O)Nc1ccc2c(c1)C(=O)N([C@H](C)CO)C[C@H](C)[C@H](CN(C)C(=O)Cc1ccccc1)OCCCC[C@@H](C)O2. The first kappa shape index (κ1) is 36.4. The number of urea groups is 1. The summed E-state index contributed by atoms with van der Waals surface area (Å²) in [5, 5.41) is 19.6. The van der Waals surface area contributed by atoms with Crippen LogP contribution in [0.2, 0.25) is 0 Å². The maximum absolute atomic E-state index is 14.4. The summed E-state index contributed by atoms with van der Waals surface area (Å²) in [6.45, 7) is 10.0. The van der Waals surface area contributed by atoms with Crippen molar-refractivity contribution in [2.24, 2.45) is 5.92 Å². The van der Waals surface area contributed by atoms with E-state index in [0.717, 1.165) is 24.8 Å². The van der Waals surface area contributed by atoms with Crippen LogP contribution in [0, 0.1) is 19.8 Å². The van der Waals surface area contributed by atoms with E-state index in [2.05, 4.69) is 15.8 Å². The summed E-state index contributed by atoms with van der Waals surface area (Å²) in [6.07, 6.45) is 2.14. The molecule has 2 heterocycles. The predicted molar refractivity (Wildman–Crippen MR) is 183 cm³/mol. The number of amides is 4. The molecule has 1 aromatic heterocycles. The van der Waals surface area contributed by atoms with Crippen LogP contribution in [-0.2, 0) is 16.0 Å². The number of aromatic nitrogens is 1. The second-order valence-electron chi connectivity index (χ2n) is 12.7. The van der Waals surface area contributed by atoms with E-state index in [9.17, 15) is 19.5 Å². The molecule has 0 spiro atoms. The lowest BCUT2D eigenvalue weighted by molar-refractivity contribution is -0.131. The van der Waals surface area contributed by atoms with Gasteiger partial charge in [0.15, 0.2) is 5.76 Å². The molecule has 2 aromatic carbocycles. The number of fused-ring (bicyclic) bond motifs is 1. The Kier molecular flexibility index (Phi) is 13.0. The van der Waals surface area contributed by atoms with Crippen LogP contribution in [0.25, 0.3) is 0 Å². The maximum Gasteiger partial charge on any atom is 0.323 e. The summed E-state index contributed by atoms with van der Waals surface area (Å²) in [6, 6.07) is 13.5. The van der Waals surface area contributed by atoms with Crippen LogP contribution >= 0.6 is 0 Å². The third kappa shape index (κ3) is 9.80. The second-order valence-corrected chi connectivity index (χ2v) is 12.7. The average Bonchev–Trinajstić information content (AvgIpc) is 3.38. The van der Waals surface area contributed by atoms with Crippen LogP contribution in [0.3, 0.4) is 0 Å². The van der Waals surface area contributed by atoms with E-state index in [4.69, 9.17) is 14.0 Å². The van der Waals surface area contributed by atoms with Crippen molar-refractivity contribution in [3.05, 3.63) is 71.1 Å². The van der Waals surface area contributed by atoms with Gasteiger partial charge in [0, 0.05) is 38.3 Å². The van der Waals surface area contributed by atoms with Crippen molar-refractivity contribution in [2.75, 3.05) is 44.0 Å². The Morgan fingerprint density at radius 1 is 1.10 bits per heavy atom. The quantitative estimate of drug-likeness (QED) is 0.289. The van der Waals surface area contributed by atoms with E-state index < -0.39 is 12.1 Å². The highest BCUT2D eigenvalue weighted by molar-refractivity contribution is 6.03. The number of carbonyl (C=O) groups excluding carboxylic acids is 3. The van der Waals surface area contributed by atoms with Gasteiger partial charge in [-0.25, -0.2) is 4.79 Å². The zero-order valence-corrected chi connectivity index (χ0v) is 28.8. The first-order valence-corrected chi connectivity index (χ1v) is 16.6. The van der Waals surface area contributed by atoms with Gasteiger partial charge in [0.05, 0.1) is 36.8 Å². The first-order valence-electron chi connectivity index (χ1n) is 16.6. The highest BCUT2D eigenvalue weighted by Gasteiger charge is 2.31. The summed E-state index contributed by atoms with van der Waals surface area (Å²) in [5.74, 6) is 0.295. The number of carbonyl (C=O) groups is 3. The fourth-order valence-electron chi connectivity index (χ4n) is 5.68. The monoisotopic (exact) mass is 663 g/mol. The number of hydrogen-bond acceptors (Lipinski definition) is 8. The molecule has 12 nitrogen and oxygen atoms in total. The fourth-order valence-corrected chi connectivity index (χ4v) is 5.68. The molecule has 1 aliphatic rings. The largest absolute Gasteiger partial charge is 0.490 e. The Morgan fingerprint density at radius 2 is 1.85 bits per heavy atom. The van der Waals surface area contributed by atoms with Crippen LogP contribution in [0.1, 0.15) is 67.4 Å². The minimum atomic E-state index is -0.532. The summed E-state index contributed by atoms with van der Waals surface area (Å²) < 4.78 is 17.8. The predicted octanol–water partition coefficient (Wildman–Crippen LogP) is 5.43. The van der Waals surface area contributed by atoms with Gasteiger partial charge in [-0.3, -0.25) is 9.59 Å². The molecule has 0 fully saturated rings. The minimum Gasteiger partial charge on any atom is -0.490 e. The van der Waals surface area contributed by atoms with Gasteiger partial charge in [-0.15, -0.1) is 0 Å². The third-order valence-electron chi connectivity index (χ3n) is 8.66. The number of aliphatic hydroxyl groups is 1. The van der Waals surface area contributed by atoms with Crippen molar-refractivity contribution in [2.45, 2.75) is 78.6 Å². The summed E-state index contributed by atoms with van der Waals surface area (Å²) in [4.78, 5) is 43.7. The molecule has 3 N–H and O–H groups in total. The topological polar surface area (TPSA) is 146 Å². The molecule has 0 aliphatic carbocycles. The number of hydrogen-bond donors (Lipinski definition) is 3. The van der Waals surface area contributed by atoms with E-state index in [1.807, 2.05) is 44.2 Å². The Balaban J connectivity index is 1.59. The highest BCUT2D eigenvalue weighted by Crippen LogP contribution is 2.29. The first-order chi connectivity index (χ1) is 23.0. The molecular formula is C36H49N5O7. The zero-order valence-electron chi connectivity index (χ0n) is 28.8. The maximum atomic E-state index is 14.4. The Hall–Kier alpha value is -4.42. The molecule has 4 atom stereocenters. The summed E-state index contributed by atoms with van der Waals surface area (Å²) >= 11 is 0. The number of aryl methyl sites for hydroxylation is 2. The molecule has 12 heteroatoms. The average molecular weight is 664 g/mol. The number of ether oxygens (including phenoxy) is 2. The molecule has 260 valence electrons. The van der Waals surface area contributed by atoms with Crippen LogP contribution < -0.4 is 15.4 Å². The zero-order chi connectivity index (χ0) is 34.8. The fraction of sp³-hybridized carbons (Fsp3) is 0.500. The van der Waals surface area contributed by atoms with E-state index >= 15 is 0 Å². The number of aliphatic hydroxyl groups excluding tert-OH is 1. The Labute approximate surface area is 282 Å². The smallest absolute Gasteiger partial charge is 0.323 e. The number of anilines is 2. The van der Waals surface area contributed by atoms with Crippen molar-refractivity contribution in [3.8, 4) is 5.75 Å². The van der Waals surface area contributed by atoms with Gasteiger partial charge < -0.3 is 39.5 Å². The van der Waals surface area contributed by atoms with Crippen LogP contribution in [-0.4, -0.2) is 89.5 Å². The molecule has 48 heavy (non-hydrogen) atoms. The van der Waals surface area contributed by atoms with Gasteiger partial charge in [0.2, 0.25) is 5.91 Å². The van der Waals surface area contributed by atoms with Crippen molar-refractivity contribution in [1.82, 2.24) is 15.0 Å². The van der Waals surface area contributed by atoms with Gasteiger partial charge in [-0.2, -0.15) is 0 Å². The molecule has 3 aromatic rings. The highest BCUT2D eigenvalue weighted by atomic mass is 16.5. The molecule has 0 bridgehead atoms. The van der Waals surface area contributed by atoms with E-state index in [0.29, 0.717) is 41.7 Å². The van der Waals surface area contributed by atoms with E-state index in [-0.39, 0.29) is 55.1 Å². The van der Waals surface area contributed by atoms with Gasteiger partial charge in [0.25, 0.3) is 5.91 Å². The summed E-state index contributed by atoms with van der Waals surface area (Å²) in [5.41, 5.74) is 2.59. The van der Waals surface area contributed by atoms with Gasteiger partial charge in [-0.1, -0.05) is 42.4 Å². The molecule has 4 amide bonds. The third-order valence-corrected chi connectivity index (χ3v) is 8.66. The molecule has 0 saturated carbocycles. The number of rotatable bonds is 8. The van der Waals surface area contributed by atoms with Gasteiger partial charge >= 0.3 is 6.03 Å². The molecule has 4 rings (SSSR count). The molecule has 0 unspecified atom stereocenters. The minimum absolute atomic E-state index is 0.0219. The Bertz CT molecular complexity index is 1510. The number of nitrogens with zero attached hydrogens (tertiary/aromatic N) is 3.